The molecule has 16 heteroatoms. The topological polar surface area (TPSA) is 245 Å². The third-order valence-corrected chi connectivity index (χ3v) is 7.47. The fourth-order valence-electron chi connectivity index (χ4n) is 4.83. The van der Waals surface area contributed by atoms with Gasteiger partial charge in [0.15, 0.2) is 5.96 Å². The van der Waals surface area contributed by atoms with E-state index in [0.717, 1.165) is 5.69 Å². The van der Waals surface area contributed by atoms with Gasteiger partial charge in [0.25, 0.3) is 5.91 Å². The normalized spacial score (nSPS) is 13.1. The number of aliphatic hydroxyl groups is 1. The molecule has 0 fully saturated rings. The molecular weight excluding hydrogens is 646 g/mol. The smallest absolute Gasteiger partial charge is 0.417 e. The summed E-state index contributed by atoms with van der Waals surface area (Å²) in [7, 11) is 0. The molecule has 1 rings (SSSR count). The second-order valence-electron chi connectivity index (χ2n) is 13.8. The average molecular weight is 706 g/mol. The van der Waals surface area contributed by atoms with Gasteiger partial charge in [0, 0.05) is 31.0 Å². The lowest BCUT2D eigenvalue weighted by Crippen LogP contribution is -2.57. The molecular formula is C34H59N9O7. The number of anilines is 2. The SMILES string of the molecule is CCN(CCO)c1ccc(NC(=O)[C@H](CCCNC(=N)N)N(C(=O)CNC(=O)[C@H](CC(C)C)NC(=O)[C@@H](N)C(C)C)C(=O)OC(C)(C)C)cc1. The number of hydrogen-bond donors (Lipinski definition) is 8. The van der Waals surface area contributed by atoms with Crippen LogP contribution in [0.4, 0.5) is 16.2 Å². The first-order chi connectivity index (χ1) is 23.3. The number of guanidine groups is 1. The molecule has 0 aromatic heterocycles. The van der Waals surface area contributed by atoms with Crippen molar-refractivity contribution in [2.45, 2.75) is 98.4 Å². The maximum atomic E-state index is 13.9. The number of nitrogens with zero attached hydrogens (tertiary/aromatic N) is 2. The third-order valence-electron chi connectivity index (χ3n) is 7.47. The lowest BCUT2D eigenvalue weighted by Gasteiger charge is -2.32. The molecule has 0 heterocycles. The van der Waals surface area contributed by atoms with E-state index in [9.17, 15) is 29.1 Å². The molecule has 0 aliphatic rings. The van der Waals surface area contributed by atoms with Crippen molar-refractivity contribution in [3.63, 3.8) is 0 Å². The highest BCUT2D eigenvalue weighted by Crippen LogP contribution is 2.21. The Morgan fingerprint density at radius 2 is 1.60 bits per heavy atom. The van der Waals surface area contributed by atoms with Gasteiger partial charge in [-0.05, 0) is 83.1 Å². The van der Waals surface area contributed by atoms with Crippen LogP contribution in [-0.2, 0) is 23.9 Å². The number of ether oxygens (including phenoxy) is 1. The second kappa shape index (κ2) is 20.9. The van der Waals surface area contributed by atoms with E-state index in [1.54, 1.807) is 58.9 Å². The Bertz CT molecular complexity index is 1280. The zero-order valence-electron chi connectivity index (χ0n) is 30.8. The number of benzene rings is 1. The summed E-state index contributed by atoms with van der Waals surface area (Å²) in [5.41, 5.74) is 11.6. The highest BCUT2D eigenvalue weighted by Gasteiger charge is 2.38. The Balaban J connectivity index is 3.40. The molecule has 50 heavy (non-hydrogen) atoms. The van der Waals surface area contributed by atoms with Crippen LogP contribution in [0.1, 0.15) is 74.7 Å². The minimum absolute atomic E-state index is 0.000709. The van der Waals surface area contributed by atoms with Gasteiger partial charge in [-0.25, -0.2) is 9.69 Å². The average Bonchev–Trinajstić information content (AvgIpc) is 3.02. The van der Waals surface area contributed by atoms with E-state index in [4.69, 9.17) is 21.6 Å². The molecule has 3 atom stereocenters. The lowest BCUT2D eigenvalue weighted by atomic mass is 10.0. The lowest BCUT2D eigenvalue weighted by molar-refractivity contribution is -0.138. The third kappa shape index (κ3) is 15.4. The van der Waals surface area contributed by atoms with Crippen LogP contribution in [-0.4, -0.2) is 102 Å². The second-order valence-corrected chi connectivity index (χ2v) is 13.8. The highest BCUT2D eigenvalue weighted by molar-refractivity contribution is 6.04. The maximum Gasteiger partial charge on any atom is 0.417 e. The van der Waals surface area contributed by atoms with Crippen molar-refractivity contribution in [1.29, 1.82) is 5.41 Å². The van der Waals surface area contributed by atoms with Crippen molar-refractivity contribution in [2.24, 2.45) is 23.3 Å². The zero-order chi connectivity index (χ0) is 38.2. The van der Waals surface area contributed by atoms with E-state index in [1.807, 2.05) is 25.7 Å². The van der Waals surface area contributed by atoms with E-state index >= 15 is 0 Å². The van der Waals surface area contributed by atoms with Crippen molar-refractivity contribution in [2.75, 3.05) is 43.0 Å². The highest BCUT2D eigenvalue weighted by atomic mass is 16.6. The molecule has 0 bridgehead atoms. The van der Waals surface area contributed by atoms with Gasteiger partial charge in [-0.15, -0.1) is 0 Å². The van der Waals surface area contributed by atoms with Gasteiger partial charge in [-0.2, -0.15) is 0 Å². The van der Waals surface area contributed by atoms with Crippen molar-refractivity contribution in [3.8, 4) is 0 Å². The van der Waals surface area contributed by atoms with E-state index < -0.39 is 60.0 Å². The van der Waals surface area contributed by atoms with Crippen molar-refractivity contribution < 1.29 is 33.8 Å². The van der Waals surface area contributed by atoms with Gasteiger partial charge in [0.2, 0.25) is 17.7 Å². The van der Waals surface area contributed by atoms with Crippen LogP contribution >= 0.6 is 0 Å². The summed E-state index contributed by atoms with van der Waals surface area (Å²) >= 11 is 0. The fourth-order valence-corrected chi connectivity index (χ4v) is 4.83. The van der Waals surface area contributed by atoms with Crippen LogP contribution in [0, 0.1) is 17.2 Å². The summed E-state index contributed by atoms with van der Waals surface area (Å²) < 4.78 is 5.54. The van der Waals surface area contributed by atoms with Gasteiger partial charge in [0.1, 0.15) is 17.7 Å². The molecule has 1 aromatic rings. The molecule has 0 radical (unpaired) electrons. The number of nitrogens with two attached hydrogens (primary N) is 2. The molecule has 0 unspecified atom stereocenters. The van der Waals surface area contributed by atoms with Gasteiger partial charge in [0.05, 0.1) is 19.2 Å². The molecule has 0 saturated heterocycles. The van der Waals surface area contributed by atoms with Gasteiger partial charge < -0.3 is 47.5 Å². The van der Waals surface area contributed by atoms with Crippen LogP contribution in [0.2, 0.25) is 0 Å². The minimum Gasteiger partial charge on any atom is -0.443 e. The summed E-state index contributed by atoms with van der Waals surface area (Å²) in [5, 5.41) is 27.4. The Morgan fingerprint density at radius 1 is 0.980 bits per heavy atom. The Labute approximate surface area is 295 Å². The number of carbonyl (C=O) groups excluding carboxylic acids is 5. The number of amides is 5. The standard InChI is InChI=1S/C34H59N9O7/c1-9-42(17-18-44)24-14-12-23(13-15-24)40-30(47)26(11-10-16-38-32(36)37)43(33(49)50-34(6,7)8)27(45)20-39-29(46)25(19-21(2)3)41-31(48)28(35)22(4)5/h12-15,21-22,25-26,28,44H,9-11,16-20,35H2,1-8H3,(H,39,46)(H,40,47)(H,41,48)(H4,36,37,38)/t25-,26-,28-/m0/s1. The zero-order valence-corrected chi connectivity index (χ0v) is 30.8. The van der Waals surface area contributed by atoms with Crippen molar-refractivity contribution in [1.82, 2.24) is 20.9 Å². The number of hydrogen-bond acceptors (Lipinski definition) is 10. The maximum absolute atomic E-state index is 13.9. The Kier molecular flexibility index (Phi) is 18.2. The van der Waals surface area contributed by atoms with Gasteiger partial charge in [-0.1, -0.05) is 27.7 Å². The molecule has 16 nitrogen and oxygen atoms in total. The van der Waals surface area contributed by atoms with Crippen LogP contribution in [0.3, 0.4) is 0 Å². The number of aliphatic hydroxyl groups excluding tert-OH is 1. The molecule has 5 amide bonds. The minimum atomic E-state index is -1.39. The van der Waals surface area contributed by atoms with E-state index in [0.29, 0.717) is 23.7 Å². The van der Waals surface area contributed by atoms with E-state index in [-0.39, 0.29) is 50.2 Å². The number of likely N-dealkylation sites (N-methyl/N-ethyl adjacent to an activating group) is 1. The molecule has 1 aromatic carbocycles. The quantitative estimate of drug-likeness (QED) is 0.0582. The molecule has 0 saturated carbocycles. The van der Waals surface area contributed by atoms with Gasteiger partial charge in [-0.3, -0.25) is 24.6 Å². The molecule has 10 N–H and O–H groups in total. The largest absolute Gasteiger partial charge is 0.443 e. The molecule has 0 aliphatic heterocycles. The first-order valence-electron chi connectivity index (χ1n) is 17.0. The summed E-state index contributed by atoms with van der Waals surface area (Å²) in [6.45, 7) is 14.6. The van der Waals surface area contributed by atoms with Gasteiger partial charge >= 0.3 is 6.09 Å². The predicted molar refractivity (Wildman–Crippen MR) is 193 cm³/mol. The van der Waals surface area contributed by atoms with Crippen molar-refractivity contribution in [3.05, 3.63) is 24.3 Å². The Morgan fingerprint density at radius 3 is 2.10 bits per heavy atom. The van der Waals surface area contributed by atoms with Crippen LogP contribution in [0.15, 0.2) is 24.3 Å². The van der Waals surface area contributed by atoms with E-state index in [1.165, 1.54) is 0 Å². The molecule has 0 aliphatic carbocycles. The summed E-state index contributed by atoms with van der Waals surface area (Å²) in [4.78, 5) is 69.9. The first-order valence-corrected chi connectivity index (χ1v) is 17.0. The van der Waals surface area contributed by atoms with Crippen molar-refractivity contribution >= 4 is 47.1 Å². The van der Waals surface area contributed by atoms with E-state index in [2.05, 4.69) is 21.3 Å². The number of nitrogens with one attached hydrogen (secondary N) is 5. The number of rotatable bonds is 19. The summed E-state index contributed by atoms with van der Waals surface area (Å²) in [5.74, 6) is -3.24. The summed E-state index contributed by atoms with van der Waals surface area (Å²) in [6.07, 6.45) is -0.650. The fraction of sp³-hybridized carbons (Fsp3) is 0.647. The molecule has 282 valence electrons. The monoisotopic (exact) mass is 705 g/mol. The van der Waals surface area contributed by atoms with Crippen LogP contribution < -0.4 is 37.6 Å². The molecule has 0 spiro atoms. The number of carbonyl (C=O) groups is 5. The Hall–Kier alpha value is -4.44. The number of imide groups is 1. The first kappa shape index (κ1) is 43.6. The predicted octanol–water partition coefficient (Wildman–Crippen LogP) is 1.47. The summed E-state index contributed by atoms with van der Waals surface area (Å²) in [6, 6.07) is 3.63. The van der Waals surface area contributed by atoms with Crippen LogP contribution in [0.25, 0.3) is 0 Å². The van der Waals surface area contributed by atoms with Crippen LogP contribution in [0.5, 0.6) is 0 Å².